The third-order valence-electron chi connectivity index (χ3n) is 4.97. The van der Waals surface area contributed by atoms with Crippen molar-refractivity contribution in [1.82, 2.24) is 5.32 Å². The lowest BCUT2D eigenvalue weighted by molar-refractivity contribution is -0.123. The Balaban J connectivity index is 1.44. The molecule has 3 heteroatoms. The van der Waals surface area contributed by atoms with Crippen LogP contribution in [0.1, 0.15) is 38.5 Å². The van der Waals surface area contributed by atoms with E-state index in [0.29, 0.717) is 23.8 Å². The quantitative estimate of drug-likeness (QED) is 0.755. The van der Waals surface area contributed by atoms with Crippen molar-refractivity contribution in [3.05, 3.63) is 0 Å². The molecule has 16 heavy (non-hydrogen) atoms. The minimum atomic E-state index is 0.314. The number of carbonyl (C=O) groups is 1. The first kappa shape index (κ1) is 10.6. The largest absolute Gasteiger partial charge is 0.356 e. The Hall–Kier alpha value is -0.570. The lowest BCUT2D eigenvalue weighted by Crippen LogP contribution is -2.37. The van der Waals surface area contributed by atoms with Gasteiger partial charge in [-0.1, -0.05) is 12.8 Å². The van der Waals surface area contributed by atoms with Gasteiger partial charge in [-0.3, -0.25) is 4.79 Å². The number of hydrogen-bond donors (Lipinski definition) is 2. The second-order valence-electron chi connectivity index (χ2n) is 5.88. The summed E-state index contributed by atoms with van der Waals surface area (Å²) in [6, 6.07) is 0.319. The molecular weight excluding hydrogens is 200 g/mol. The molecule has 0 aromatic heterocycles. The molecule has 3 N–H and O–H groups in total. The number of amides is 1. The van der Waals surface area contributed by atoms with Crippen molar-refractivity contribution in [2.24, 2.45) is 29.4 Å². The van der Waals surface area contributed by atoms with Crippen molar-refractivity contribution in [1.29, 1.82) is 0 Å². The molecule has 3 fully saturated rings. The summed E-state index contributed by atoms with van der Waals surface area (Å²) in [5, 5.41) is 3.13. The molecule has 4 unspecified atom stereocenters. The molecular formula is C13H22N2O. The van der Waals surface area contributed by atoms with Gasteiger partial charge in [0.1, 0.15) is 0 Å². The molecule has 1 amide bonds. The number of hydrogen-bond acceptors (Lipinski definition) is 2. The topological polar surface area (TPSA) is 55.1 Å². The van der Waals surface area contributed by atoms with Gasteiger partial charge in [-0.2, -0.15) is 0 Å². The van der Waals surface area contributed by atoms with Crippen LogP contribution in [0.25, 0.3) is 0 Å². The van der Waals surface area contributed by atoms with Crippen molar-refractivity contribution in [2.75, 3.05) is 6.54 Å². The van der Waals surface area contributed by atoms with E-state index in [-0.39, 0.29) is 0 Å². The molecule has 90 valence electrons. The van der Waals surface area contributed by atoms with Gasteiger partial charge < -0.3 is 11.1 Å². The van der Waals surface area contributed by atoms with Gasteiger partial charge in [0.15, 0.2) is 0 Å². The number of rotatable bonds is 3. The Bertz CT molecular complexity index is 282. The second kappa shape index (κ2) is 4.02. The molecule has 0 saturated heterocycles. The van der Waals surface area contributed by atoms with E-state index >= 15 is 0 Å². The van der Waals surface area contributed by atoms with Gasteiger partial charge >= 0.3 is 0 Å². The van der Waals surface area contributed by atoms with Gasteiger partial charge in [0.25, 0.3) is 0 Å². The summed E-state index contributed by atoms with van der Waals surface area (Å²) in [4.78, 5) is 11.9. The SMILES string of the molecule is NC1CCCC1CNC(=O)C1C2CCCC21. The van der Waals surface area contributed by atoms with Gasteiger partial charge in [-0.15, -0.1) is 0 Å². The molecule has 0 radical (unpaired) electrons. The molecule has 3 aliphatic carbocycles. The maximum absolute atomic E-state index is 11.9. The molecule has 0 aromatic carbocycles. The van der Waals surface area contributed by atoms with Crippen LogP contribution in [0.2, 0.25) is 0 Å². The number of carbonyl (C=O) groups excluding carboxylic acids is 1. The molecule has 3 rings (SSSR count). The monoisotopic (exact) mass is 222 g/mol. The molecule has 0 aromatic rings. The Morgan fingerprint density at radius 1 is 1.12 bits per heavy atom. The van der Waals surface area contributed by atoms with E-state index in [1.54, 1.807) is 0 Å². The van der Waals surface area contributed by atoms with Crippen molar-refractivity contribution in [3.63, 3.8) is 0 Å². The Kier molecular flexibility index (Phi) is 2.66. The van der Waals surface area contributed by atoms with Crippen LogP contribution in [0.15, 0.2) is 0 Å². The van der Waals surface area contributed by atoms with Crippen LogP contribution in [0.3, 0.4) is 0 Å². The number of nitrogens with two attached hydrogens (primary N) is 1. The summed E-state index contributed by atoms with van der Waals surface area (Å²) >= 11 is 0. The maximum Gasteiger partial charge on any atom is 0.223 e. The zero-order chi connectivity index (χ0) is 11.1. The normalized spacial score (nSPS) is 45.4. The van der Waals surface area contributed by atoms with E-state index < -0.39 is 0 Å². The predicted molar refractivity (Wildman–Crippen MR) is 62.6 cm³/mol. The van der Waals surface area contributed by atoms with Crippen LogP contribution in [0.5, 0.6) is 0 Å². The van der Waals surface area contributed by atoms with Crippen molar-refractivity contribution < 1.29 is 4.79 Å². The molecule has 4 atom stereocenters. The van der Waals surface area contributed by atoms with Crippen molar-refractivity contribution >= 4 is 5.91 Å². The summed E-state index contributed by atoms with van der Waals surface area (Å²) in [6.07, 6.45) is 7.47. The molecule has 3 aliphatic rings. The summed E-state index contributed by atoms with van der Waals surface area (Å²) < 4.78 is 0. The van der Waals surface area contributed by atoms with Gasteiger partial charge in [-0.05, 0) is 43.4 Å². The van der Waals surface area contributed by atoms with Crippen LogP contribution in [-0.2, 0) is 4.79 Å². The first-order chi connectivity index (χ1) is 7.77. The van der Waals surface area contributed by atoms with E-state index in [9.17, 15) is 4.79 Å². The van der Waals surface area contributed by atoms with E-state index in [4.69, 9.17) is 5.73 Å². The number of nitrogens with one attached hydrogen (secondary N) is 1. The second-order valence-corrected chi connectivity index (χ2v) is 5.88. The molecule has 0 spiro atoms. The van der Waals surface area contributed by atoms with Crippen LogP contribution >= 0.6 is 0 Å². The van der Waals surface area contributed by atoms with Crippen molar-refractivity contribution in [2.45, 2.75) is 44.6 Å². The molecule has 0 bridgehead atoms. The zero-order valence-corrected chi connectivity index (χ0v) is 9.82. The van der Waals surface area contributed by atoms with Gasteiger partial charge in [0.05, 0.1) is 0 Å². The smallest absolute Gasteiger partial charge is 0.223 e. The summed E-state index contributed by atoms with van der Waals surface area (Å²) in [5.41, 5.74) is 6.00. The minimum Gasteiger partial charge on any atom is -0.356 e. The molecule has 3 saturated carbocycles. The summed E-state index contributed by atoms with van der Waals surface area (Å²) in [7, 11) is 0. The van der Waals surface area contributed by atoms with E-state index in [2.05, 4.69) is 5.32 Å². The fraction of sp³-hybridized carbons (Fsp3) is 0.923. The lowest BCUT2D eigenvalue weighted by Gasteiger charge is -2.16. The summed E-state index contributed by atoms with van der Waals surface area (Å²) in [5.74, 6) is 2.68. The highest BCUT2D eigenvalue weighted by molar-refractivity contribution is 5.82. The highest BCUT2D eigenvalue weighted by Gasteiger charge is 2.56. The summed E-state index contributed by atoms with van der Waals surface area (Å²) in [6.45, 7) is 0.815. The predicted octanol–water partition coefficient (Wildman–Crippen LogP) is 1.28. The average Bonchev–Trinajstić information content (AvgIpc) is 2.67. The fourth-order valence-corrected chi connectivity index (χ4v) is 3.88. The average molecular weight is 222 g/mol. The van der Waals surface area contributed by atoms with Gasteiger partial charge in [-0.25, -0.2) is 0 Å². The molecule has 0 heterocycles. The van der Waals surface area contributed by atoms with E-state index in [0.717, 1.165) is 24.8 Å². The third kappa shape index (κ3) is 1.75. The third-order valence-corrected chi connectivity index (χ3v) is 4.97. The van der Waals surface area contributed by atoms with Crippen LogP contribution in [-0.4, -0.2) is 18.5 Å². The standard InChI is InChI=1S/C13H22N2O/c14-11-6-1-3-8(11)7-15-13(16)12-9-4-2-5-10(9)12/h8-12H,1-7,14H2,(H,15,16). The number of fused-ring (bicyclic) bond motifs is 1. The Morgan fingerprint density at radius 3 is 2.44 bits per heavy atom. The highest BCUT2D eigenvalue weighted by Crippen LogP contribution is 2.57. The van der Waals surface area contributed by atoms with Crippen LogP contribution in [0.4, 0.5) is 0 Å². The molecule has 0 aliphatic heterocycles. The highest BCUT2D eigenvalue weighted by atomic mass is 16.2. The first-order valence-corrected chi connectivity index (χ1v) is 6.80. The van der Waals surface area contributed by atoms with Crippen molar-refractivity contribution in [3.8, 4) is 0 Å². The van der Waals surface area contributed by atoms with E-state index in [1.807, 2.05) is 0 Å². The van der Waals surface area contributed by atoms with Crippen LogP contribution < -0.4 is 11.1 Å². The lowest BCUT2D eigenvalue weighted by atomic mass is 10.0. The minimum absolute atomic E-state index is 0.314. The van der Waals surface area contributed by atoms with E-state index in [1.165, 1.54) is 32.1 Å². The van der Waals surface area contributed by atoms with Gasteiger partial charge in [0.2, 0.25) is 5.91 Å². The van der Waals surface area contributed by atoms with Gasteiger partial charge in [0, 0.05) is 18.5 Å². The Morgan fingerprint density at radius 2 is 1.81 bits per heavy atom. The fourth-order valence-electron chi connectivity index (χ4n) is 3.88. The first-order valence-electron chi connectivity index (χ1n) is 6.80. The van der Waals surface area contributed by atoms with Crippen LogP contribution in [0, 0.1) is 23.7 Å². The zero-order valence-electron chi connectivity index (χ0n) is 9.82. The Labute approximate surface area is 97.2 Å². The molecule has 3 nitrogen and oxygen atoms in total. The maximum atomic E-state index is 11.9.